The smallest absolute Gasteiger partial charge is 0.228 e. The average Bonchev–Trinajstić information content (AvgIpc) is 3.24. The van der Waals surface area contributed by atoms with E-state index in [1.54, 1.807) is 17.9 Å². The Hall–Kier alpha value is -3.13. The summed E-state index contributed by atoms with van der Waals surface area (Å²) in [7, 11) is 3.45. The number of aryl methyl sites for hydroxylation is 3. The molecule has 3 aromatic rings. The number of methoxy groups -OCH3 is 1. The molecular weight excluding hydrogens is 428 g/mol. The highest BCUT2D eigenvalue weighted by Crippen LogP contribution is 2.28. The molecule has 1 N–H and O–H groups in total. The van der Waals surface area contributed by atoms with Crippen LogP contribution >= 0.6 is 11.6 Å². The first-order valence-electron chi connectivity index (χ1n) is 10.6. The fraction of sp³-hybridized carbons (Fsp3) is 0.391. The van der Waals surface area contributed by atoms with Crippen molar-refractivity contribution >= 4 is 23.3 Å². The molecule has 1 amide bonds. The molecule has 4 heterocycles. The summed E-state index contributed by atoms with van der Waals surface area (Å²) in [6.45, 7) is 3.07. The molecule has 0 saturated heterocycles. The largest absolute Gasteiger partial charge is 0.481 e. The van der Waals surface area contributed by atoms with E-state index < -0.39 is 0 Å². The van der Waals surface area contributed by atoms with Crippen molar-refractivity contribution in [3.8, 4) is 17.0 Å². The summed E-state index contributed by atoms with van der Waals surface area (Å²) in [5, 5.41) is 8.13. The highest BCUT2D eigenvalue weighted by atomic mass is 35.5. The van der Waals surface area contributed by atoms with Crippen LogP contribution in [0.25, 0.3) is 11.1 Å². The number of pyridine rings is 2. The first-order chi connectivity index (χ1) is 15.4. The minimum Gasteiger partial charge on any atom is -0.481 e. The van der Waals surface area contributed by atoms with Gasteiger partial charge in [0, 0.05) is 48.9 Å². The Balaban J connectivity index is 1.52. The van der Waals surface area contributed by atoms with Crippen LogP contribution in [0.15, 0.2) is 30.7 Å². The van der Waals surface area contributed by atoms with Crippen molar-refractivity contribution in [1.82, 2.24) is 24.6 Å². The van der Waals surface area contributed by atoms with Crippen LogP contribution in [0.1, 0.15) is 29.7 Å². The first-order valence-corrected chi connectivity index (χ1v) is 11.0. The third-order valence-corrected chi connectivity index (χ3v) is 6.02. The Morgan fingerprint density at radius 3 is 2.88 bits per heavy atom. The van der Waals surface area contributed by atoms with E-state index in [1.165, 1.54) is 6.20 Å². The zero-order chi connectivity index (χ0) is 22.7. The van der Waals surface area contributed by atoms with Gasteiger partial charge in [0.25, 0.3) is 0 Å². The van der Waals surface area contributed by atoms with Crippen molar-refractivity contribution in [2.45, 2.75) is 32.6 Å². The van der Waals surface area contributed by atoms with E-state index in [0.29, 0.717) is 29.7 Å². The second-order valence-electron chi connectivity index (χ2n) is 7.98. The maximum atomic E-state index is 13.1. The lowest BCUT2D eigenvalue weighted by molar-refractivity contribution is -0.130. The molecule has 4 rings (SSSR count). The molecule has 0 aromatic carbocycles. The number of halogens is 1. The van der Waals surface area contributed by atoms with Gasteiger partial charge in [-0.05, 0) is 43.4 Å². The second kappa shape index (κ2) is 9.56. The lowest BCUT2D eigenvalue weighted by Gasteiger charge is -2.23. The average molecular weight is 455 g/mol. The van der Waals surface area contributed by atoms with Gasteiger partial charge >= 0.3 is 0 Å². The van der Waals surface area contributed by atoms with Crippen LogP contribution in [-0.4, -0.2) is 50.9 Å². The quantitative estimate of drug-likeness (QED) is 0.648. The van der Waals surface area contributed by atoms with Gasteiger partial charge < -0.3 is 15.0 Å². The van der Waals surface area contributed by atoms with Gasteiger partial charge in [-0.15, -0.1) is 0 Å². The fourth-order valence-electron chi connectivity index (χ4n) is 3.90. The van der Waals surface area contributed by atoms with E-state index in [-0.39, 0.29) is 12.3 Å². The minimum absolute atomic E-state index is 0.000180. The summed E-state index contributed by atoms with van der Waals surface area (Å²) in [4.78, 5) is 23.8. The Morgan fingerprint density at radius 1 is 1.28 bits per heavy atom. The van der Waals surface area contributed by atoms with E-state index in [4.69, 9.17) is 21.3 Å². The monoisotopic (exact) mass is 454 g/mol. The number of nitrogens with one attached hydrogen (secondary N) is 1. The molecule has 0 spiro atoms. The molecule has 1 aliphatic rings. The number of carbonyl (C=O) groups is 1. The van der Waals surface area contributed by atoms with E-state index >= 15 is 0 Å². The van der Waals surface area contributed by atoms with Gasteiger partial charge in [-0.25, -0.2) is 9.97 Å². The Morgan fingerprint density at radius 2 is 2.12 bits per heavy atom. The number of hydrogen-bond donors (Lipinski definition) is 1. The molecule has 0 saturated carbocycles. The molecule has 0 unspecified atom stereocenters. The van der Waals surface area contributed by atoms with Crippen molar-refractivity contribution in [2.24, 2.45) is 7.05 Å². The van der Waals surface area contributed by atoms with Crippen molar-refractivity contribution < 1.29 is 9.53 Å². The molecule has 0 fully saturated rings. The third kappa shape index (κ3) is 4.85. The number of aromatic nitrogens is 4. The summed E-state index contributed by atoms with van der Waals surface area (Å²) in [6, 6.07) is 3.91. The maximum Gasteiger partial charge on any atom is 0.228 e. The van der Waals surface area contributed by atoms with Gasteiger partial charge in [-0.1, -0.05) is 11.6 Å². The number of amides is 1. The molecule has 0 bridgehead atoms. The van der Waals surface area contributed by atoms with E-state index in [1.807, 2.05) is 31.3 Å². The minimum atomic E-state index is -0.000180. The molecular formula is C23H27ClN6O2. The number of ether oxygens (including phenoxy) is 1. The zero-order valence-electron chi connectivity index (χ0n) is 18.6. The normalized spacial score (nSPS) is 14.1. The highest BCUT2D eigenvalue weighted by molar-refractivity contribution is 6.31. The summed E-state index contributed by atoms with van der Waals surface area (Å²) < 4.78 is 6.96. The summed E-state index contributed by atoms with van der Waals surface area (Å²) in [6.07, 6.45) is 8.35. The number of rotatable bonds is 4. The summed E-state index contributed by atoms with van der Waals surface area (Å²) >= 11 is 6.25. The van der Waals surface area contributed by atoms with Crippen LogP contribution in [-0.2, 0) is 24.7 Å². The van der Waals surface area contributed by atoms with Crippen LogP contribution in [0.3, 0.4) is 0 Å². The van der Waals surface area contributed by atoms with Crippen molar-refractivity contribution in [3.63, 3.8) is 0 Å². The van der Waals surface area contributed by atoms with E-state index in [0.717, 1.165) is 47.5 Å². The molecule has 0 radical (unpaired) electrons. The summed E-state index contributed by atoms with van der Waals surface area (Å²) in [5.74, 6) is 1.27. The van der Waals surface area contributed by atoms with Gasteiger partial charge in [0.15, 0.2) is 0 Å². The van der Waals surface area contributed by atoms with E-state index in [2.05, 4.69) is 21.5 Å². The highest BCUT2D eigenvalue weighted by Gasteiger charge is 2.19. The summed E-state index contributed by atoms with van der Waals surface area (Å²) in [5.41, 5.74) is 4.94. The molecule has 0 aliphatic carbocycles. The zero-order valence-corrected chi connectivity index (χ0v) is 19.3. The van der Waals surface area contributed by atoms with Crippen LogP contribution in [0.4, 0.5) is 5.82 Å². The third-order valence-electron chi connectivity index (χ3n) is 5.68. The van der Waals surface area contributed by atoms with Crippen molar-refractivity contribution in [2.75, 3.05) is 25.6 Å². The molecule has 3 aromatic heterocycles. The SMILES string of the molecule is COc1cc(CC(=O)N2CCCCc3cc(-c4cnn(C)c4)c(C)nc3NC2)c(Cl)cn1. The lowest BCUT2D eigenvalue weighted by Crippen LogP contribution is -2.37. The molecule has 8 nitrogen and oxygen atoms in total. The first kappa shape index (κ1) is 22.1. The van der Waals surface area contributed by atoms with Crippen molar-refractivity contribution in [1.29, 1.82) is 0 Å². The van der Waals surface area contributed by atoms with Gasteiger partial charge in [-0.2, -0.15) is 5.10 Å². The molecule has 0 atom stereocenters. The molecule has 9 heteroatoms. The fourth-order valence-corrected chi connectivity index (χ4v) is 4.07. The Kier molecular flexibility index (Phi) is 6.60. The van der Waals surface area contributed by atoms with Gasteiger partial charge in [0.2, 0.25) is 11.8 Å². The standard InChI is InChI=1S/C23H27ClN6O2/c1-15-19(18-11-27-29(2)13-18)8-16-6-4-5-7-30(14-26-23(16)28-15)22(31)10-17-9-21(32-3)25-12-20(17)24/h8-9,11-13H,4-7,10,14H2,1-3H3,(H,26,28). The topological polar surface area (TPSA) is 85.2 Å². The molecule has 1 aliphatic heterocycles. The number of anilines is 1. The Bertz CT molecular complexity index is 1130. The van der Waals surface area contributed by atoms with Crippen LogP contribution in [0.5, 0.6) is 5.88 Å². The van der Waals surface area contributed by atoms with Crippen LogP contribution in [0, 0.1) is 6.92 Å². The van der Waals surface area contributed by atoms with Gasteiger partial charge in [0.1, 0.15) is 5.82 Å². The van der Waals surface area contributed by atoms with Gasteiger partial charge in [0.05, 0.1) is 31.4 Å². The number of hydrogen-bond acceptors (Lipinski definition) is 6. The number of carbonyl (C=O) groups excluding carboxylic acids is 1. The predicted molar refractivity (Wildman–Crippen MR) is 124 cm³/mol. The Labute approximate surface area is 192 Å². The van der Waals surface area contributed by atoms with Crippen LogP contribution in [0.2, 0.25) is 5.02 Å². The molecule has 168 valence electrons. The number of fused-ring (bicyclic) bond motifs is 1. The lowest BCUT2D eigenvalue weighted by atomic mass is 10.0. The second-order valence-corrected chi connectivity index (χ2v) is 8.38. The van der Waals surface area contributed by atoms with Gasteiger partial charge in [-0.3, -0.25) is 9.48 Å². The predicted octanol–water partition coefficient (Wildman–Crippen LogP) is 3.62. The van der Waals surface area contributed by atoms with Crippen molar-refractivity contribution in [3.05, 3.63) is 52.6 Å². The number of nitrogens with zero attached hydrogens (tertiary/aromatic N) is 5. The maximum absolute atomic E-state index is 13.1. The molecule has 32 heavy (non-hydrogen) atoms. The van der Waals surface area contributed by atoms with E-state index in [9.17, 15) is 4.79 Å². The van der Waals surface area contributed by atoms with Crippen LogP contribution < -0.4 is 10.1 Å².